The Kier molecular flexibility index (Phi) is 3.71. The van der Waals surface area contributed by atoms with Crippen LogP contribution in [0.5, 0.6) is 0 Å². The van der Waals surface area contributed by atoms with E-state index in [1.54, 1.807) is 0 Å². The molecule has 2 aromatic carbocycles. The number of nitrogens with two attached hydrogens (primary N) is 1. The van der Waals surface area contributed by atoms with Gasteiger partial charge in [0.25, 0.3) is 0 Å². The van der Waals surface area contributed by atoms with Gasteiger partial charge in [0.1, 0.15) is 5.69 Å². The summed E-state index contributed by atoms with van der Waals surface area (Å²) in [5.41, 5.74) is 12.1. The summed E-state index contributed by atoms with van der Waals surface area (Å²) >= 11 is 2.34. The number of aromatic nitrogens is 1. The number of halogens is 1. The van der Waals surface area contributed by atoms with Crippen LogP contribution in [0.1, 0.15) is 11.1 Å². The van der Waals surface area contributed by atoms with Crippen LogP contribution in [0.3, 0.4) is 0 Å². The van der Waals surface area contributed by atoms with E-state index in [9.17, 15) is 0 Å². The monoisotopic (exact) mass is 390 g/mol. The van der Waals surface area contributed by atoms with Gasteiger partial charge in [0.05, 0.1) is 5.56 Å². The second-order valence-corrected chi connectivity index (χ2v) is 6.16. The molecule has 0 saturated carbocycles. The minimum absolute atomic E-state index is 0.355. The average Bonchev–Trinajstić information content (AvgIpc) is 2.83. The highest BCUT2D eigenvalue weighted by Crippen LogP contribution is 2.38. The molecule has 0 saturated heterocycles. The molecule has 0 fully saturated rings. The molecular formula is C17H15IN2O. The zero-order chi connectivity index (χ0) is 15.0. The molecule has 3 rings (SSSR count). The third-order valence-corrected chi connectivity index (χ3v) is 4.90. The summed E-state index contributed by atoms with van der Waals surface area (Å²) in [7, 11) is 0. The Morgan fingerprint density at radius 2 is 1.86 bits per heavy atom. The van der Waals surface area contributed by atoms with Gasteiger partial charge in [-0.1, -0.05) is 53.2 Å². The Morgan fingerprint density at radius 1 is 1.10 bits per heavy atom. The Labute approximate surface area is 137 Å². The van der Waals surface area contributed by atoms with Gasteiger partial charge in [-0.15, -0.1) is 0 Å². The highest BCUT2D eigenvalue weighted by atomic mass is 127. The molecule has 106 valence electrons. The lowest BCUT2D eigenvalue weighted by Crippen LogP contribution is -1.91. The summed E-state index contributed by atoms with van der Waals surface area (Å²) < 4.78 is 6.43. The van der Waals surface area contributed by atoms with Crippen molar-refractivity contribution < 1.29 is 4.52 Å². The maximum Gasteiger partial charge on any atom is 0.230 e. The van der Waals surface area contributed by atoms with Crippen molar-refractivity contribution in [2.24, 2.45) is 0 Å². The van der Waals surface area contributed by atoms with E-state index in [-0.39, 0.29) is 0 Å². The first-order valence-electron chi connectivity index (χ1n) is 6.65. The molecule has 0 atom stereocenters. The standard InChI is InChI=1S/C17H15IN2O/c1-10-5-3-7-12(9-10)14-16(20-21-17(14)19)13-8-4-6-11(2)15(13)18/h3-9H,19H2,1-2H3. The van der Waals surface area contributed by atoms with Gasteiger partial charge in [-0.25, -0.2) is 0 Å². The molecule has 21 heavy (non-hydrogen) atoms. The second kappa shape index (κ2) is 5.52. The van der Waals surface area contributed by atoms with Crippen LogP contribution in [-0.4, -0.2) is 5.16 Å². The fourth-order valence-corrected chi connectivity index (χ4v) is 3.01. The predicted molar refractivity (Wildman–Crippen MR) is 94.0 cm³/mol. The Hall–Kier alpha value is -1.82. The zero-order valence-corrected chi connectivity index (χ0v) is 14.0. The van der Waals surface area contributed by atoms with Crippen molar-refractivity contribution in [2.75, 3.05) is 5.73 Å². The Morgan fingerprint density at radius 3 is 2.62 bits per heavy atom. The van der Waals surface area contributed by atoms with Gasteiger partial charge in [-0.05, 0) is 47.6 Å². The van der Waals surface area contributed by atoms with Crippen LogP contribution in [-0.2, 0) is 0 Å². The van der Waals surface area contributed by atoms with Crippen molar-refractivity contribution >= 4 is 28.5 Å². The number of rotatable bonds is 2. The molecule has 0 spiro atoms. The minimum atomic E-state index is 0.355. The maximum atomic E-state index is 6.02. The van der Waals surface area contributed by atoms with E-state index in [1.807, 2.05) is 24.3 Å². The lowest BCUT2D eigenvalue weighted by Gasteiger charge is -2.07. The van der Waals surface area contributed by atoms with Crippen molar-refractivity contribution in [3.63, 3.8) is 0 Å². The molecule has 0 aliphatic rings. The average molecular weight is 390 g/mol. The molecule has 1 heterocycles. The largest absolute Gasteiger partial charge is 0.367 e. The summed E-state index contributed by atoms with van der Waals surface area (Å²) in [6, 6.07) is 14.4. The summed E-state index contributed by atoms with van der Waals surface area (Å²) in [5, 5.41) is 4.19. The SMILES string of the molecule is Cc1cccc(-c2c(-c3cccc(C)c3I)noc2N)c1. The minimum Gasteiger partial charge on any atom is -0.367 e. The summed E-state index contributed by atoms with van der Waals surface area (Å²) in [5.74, 6) is 0.355. The van der Waals surface area contributed by atoms with Gasteiger partial charge in [-0.3, -0.25) is 0 Å². The van der Waals surface area contributed by atoms with Crippen LogP contribution in [0.25, 0.3) is 22.4 Å². The molecule has 1 aromatic heterocycles. The quantitative estimate of drug-likeness (QED) is 0.639. The van der Waals surface area contributed by atoms with Crippen LogP contribution in [0.4, 0.5) is 5.88 Å². The number of nitrogens with zero attached hydrogens (tertiary/aromatic N) is 1. The number of hydrogen-bond donors (Lipinski definition) is 1. The smallest absolute Gasteiger partial charge is 0.230 e. The van der Waals surface area contributed by atoms with Crippen molar-refractivity contribution in [2.45, 2.75) is 13.8 Å². The van der Waals surface area contributed by atoms with Gasteiger partial charge in [0.2, 0.25) is 5.88 Å². The van der Waals surface area contributed by atoms with Crippen molar-refractivity contribution in [3.8, 4) is 22.4 Å². The van der Waals surface area contributed by atoms with Crippen LogP contribution in [0.2, 0.25) is 0 Å². The van der Waals surface area contributed by atoms with E-state index < -0.39 is 0 Å². The molecule has 0 unspecified atom stereocenters. The van der Waals surface area contributed by atoms with Crippen LogP contribution >= 0.6 is 22.6 Å². The fourth-order valence-electron chi connectivity index (χ4n) is 2.40. The Balaban J connectivity index is 2.24. The summed E-state index contributed by atoms with van der Waals surface area (Å²) in [6.45, 7) is 4.14. The van der Waals surface area contributed by atoms with Gasteiger partial charge < -0.3 is 10.3 Å². The van der Waals surface area contributed by atoms with E-state index in [0.29, 0.717) is 5.88 Å². The molecule has 0 aliphatic heterocycles. The van der Waals surface area contributed by atoms with Crippen molar-refractivity contribution in [1.29, 1.82) is 0 Å². The molecule has 0 aliphatic carbocycles. The molecule has 3 aromatic rings. The first-order chi connectivity index (χ1) is 10.1. The number of nitrogen functional groups attached to an aromatic ring is 1. The van der Waals surface area contributed by atoms with E-state index in [2.05, 4.69) is 59.8 Å². The topological polar surface area (TPSA) is 52.0 Å². The number of anilines is 1. The van der Waals surface area contributed by atoms with E-state index in [4.69, 9.17) is 10.3 Å². The molecule has 0 amide bonds. The first kappa shape index (κ1) is 14.1. The molecule has 2 N–H and O–H groups in total. The summed E-state index contributed by atoms with van der Waals surface area (Å²) in [4.78, 5) is 0. The van der Waals surface area contributed by atoms with Crippen molar-refractivity contribution in [1.82, 2.24) is 5.16 Å². The lowest BCUT2D eigenvalue weighted by molar-refractivity contribution is 0.439. The van der Waals surface area contributed by atoms with Gasteiger partial charge in [0, 0.05) is 9.13 Å². The van der Waals surface area contributed by atoms with Crippen LogP contribution < -0.4 is 5.73 Å². The molecular weight excluding hydrogens is 375 g/mol. The normalized spacial score (nSPS) is 10.8. The maximum absolute atomic E-state index is 6.02. The molecule has 0 radical (unpaired) electrons. The van der Waals surface area contributed by atoms with Gasteiger partial charge >= 0.3 is 0 Å². The number of aryl methyl sites for hydroxylation is 2. The molecule has 0 bridgehead atoms. The molecule has 3 nitrogen and oxygen atoms in total. The van der Waals surface area contributed by atoms with Crippen LogP contribution in [0, 0.1) is 17.4 Å². The number of benzene rings is 2. The van der Waals surface area contributed by atoms with Gasteiger partial charge in [-0.2, -0.15) is 0 Å². The first-order valence-corrected chi connectivity index (χ1v) is 7.73. The van der Waals surface area contributed by atoms with Crippen LogP contribution in [0.15, 0.2) is 47.0 Å². The molecule has 4 heteroatoms. The third kappa shape index (κ3) is 2.55. The fraction of sp³-hybridized carbons (Fsp3) is 0.118. The Bertz CT molecular complexity index is 808. The van der Waals surface area contributed by atoms with E-state index in [0.717, 1.165) is 26.0 Å². The lowest BCUT2D eigenvalue weighted by atomic mass is 9.99. The van der Waals surface area contributed by atoms with E-state index >= 15 is 0 Å². The van der Waals surface area contributed by atoms with Crippen molar-refractivity contribution in [3.05, 3.63) is 57.2 Å². The summed E-state index contributed by atoms with van der Waals surface area (Å²) in [6.07, 6.45) is 0. The number of hydrogen-bond acceptors (Lipinski definition) is 3. The highest BCUT2D eigenvalue weighted by Gasteiger charge is 2.19. The predicted octanol–water partition coefficient (Wildman–Crippen LogP) is 4.81. The van der Waals surface area contributed by atoms with Gasteiger partial charge in [0.15, 0.2) is 0 Å². The highest BCUT2D eigenvalue weighted by molar-refractivity contribution is 14.1. The third-order valence-electron chi connectivity index (χ3n) is 3.47. The van der Waals surface area contributed by atoms with E-state index in [1.165, 1.54) is 11.1 Å². The second-order valence-electron chi connectivity index (χ2n) is 5.08. The zero-order valence-electron chi connectivity index (χ0n) is 11.9.